The zero-order chi connectivity index (χ0) is 14.8. The second-order valence-corrected chi connectivity index (χ2v) is 5.62. The van der Waals surface area contributed by atoms with Crippen molar-refractivity contribution in [2.75, 3.05) is 33.7 Å². The molecule has 2 aromatic rings. The van der Waals surface area contributed by atoms with E-state index in [1.807, 2.05) is 24.3 Å². The van der Waals surface area contributed by atoms with Crippen LogP contribution in [0, 0.1) is 0 Å². The molecule has 1 aliphatic rings. The van der Waals surface area contributed by atoms with Crippen molar-refractivity contribution in [2.45, 2.75) is 12.6 Å². The van der Waals surface area contributed by atoms with E-state index in [4.69, 9.17) is 10.3 Å². The number of aromatic nitrogens is 2. The van der Waals surface area contributed by atoms with E-state index in [2.05, 4.69) is 34.0 Å². The van der Waals surface area contributed by atoms with Crippen LogP contribution in [0.15, 0.2) is 28.8 Å². The first-order chi connectivity index (χ1) is 10.2. The van der Waals surface area contributed by atoms with Gasteiger partial charge in [0.2, 0.25) is 0 Å². The molecular formula is C15H21N5O. The van der Waals surface area contributed by atoms with Crippen molar-refractivity contribution in [3.05, 3.63) is 35.7 Å². The zero-order valence-corrected chi connectivity index (χ0v) is 12.5. The van der Waals surface area contributed by atoms with Crippen molar-refractivity contribution in [1.29, 1.82) is 0 Å². The van der Waals surface area contributed by atoms with E-state index in [1.54, 1.807) is 0 Å². The number of rotatable bonds is 3. The van der Waals surface area contributed by atoms with E-state index in [0.717, 1.165) is 36.6 Å². The normalized spacial score (nSPS) is 20.8. The molecule has 1 aliphatic heterocycles. The first-order valence-electron chi connectivity index (χ1n) is 7.19. The molecule has 0 radical (unpaired) electrons. The second kappa shape index (κ2) is 5.93. The monoisotopic (exact) mass is 287 g/mol. The molecular weight excluding hydrogens is 266 g/mol. The van der Waals surface area contributed by atoms with Crippen LogP contribution in [0.25, 0.3) is 11.5 Å². The third-order valence-corrected chi connectivity index (χ3v) is 4.03. The largest absolute Gasteiger partial charge is 0.334 e. The Bertz CT molecular complexity index is 594. The highest BCUT2D eigenvalue weighted by Crippen LogP contribution is 2.24. The minimum Gasteiger partial charge on any atom is -0.334 e. The summed E-state index contributed by atoms with van der Waals surface area (Å²) in [5.74, 6) is 1.32. The van der Waals surface area contributed by atoms with Gasteiger partial charge in [-0.05, 0) is 31.8 Å². The van der Waals surface area contributed by atoms with Crippen molar-refractivity contribution in [3.63, 3.8) is 0 Å². The van der Waals surface area contributed by atoms with Crippen molar-refractivity contribution >= 4 is 0 Å². The van der Waals surface area contributed by atoms with Crippen LogP contribution in [0.2, 0.25) is 0 Å². The molecule has 6 heteroatoms. The van der Waals surface area contributed by atoms with Gasteiger partial charge in [0.05, 0.1) is 6.04 Å². The number of hydrogen-bond donors (Lipinski definition) is 1. The van der Waals surface area contributed by atoms with E-state index in [1.165, 1.54) is 0 Å². The summed E-state index contributed by atoms with van der Waals surface area (Å²) in [6.07, 6.45) is 0. The Morgan fingerprint density at radius 3 is 2.71 bits per heavy atom. The predicted molar refractivity (Wildman–Crippen MR) is 80.5 cm³/mol. The van der Waals surface area contributed by atoms with Crippen LogP contribution in [0.1, 0.15) is 17.4 Å². The lowest BCUT2D eigenvalue weighted by Crippen LogP contribution is -2.45. The summed E-state index contributed by atoms with van der Waals surface area (Å²) in [5, 5.41) is 4.16. The van der Waals surface area contributed by atoms with Gasteiger partial charge in [-0.25, -0.2) is 0 Å². The van der Waals surface area contributed by atoms with Gasteiger partial charge in [0, 0.05) is 31.7 Å². The lowest BCUT2D eigenvalue weighted by Gasteiger charge is -2.35. The standard InChI is InChI=1S/C15H21N5O/c1-19-7-8-20(2)13(10-19)14-17-15(21-18-14)12-5-3-11(9-16)4-6-12/h3-6,13H,7-10,16H2,1-2H3. The molecule has 0 bridgehead atoms. The van der Waals surface area contributed by atoms with E-state index in [0.29, 0.717) is 12.4 Å². The SMILES string of the molecule is CN1CCN(C)C(c2noc(-c3ccc(CN)cc3)n2)C1. The number of hydrogen-bond acceptors (Lipinski definition) is 6. The van der Waals surface area contributed by atoms with E-state index in [-0.39, 0.29) is 6.04 Å². The first-order valence-corrected chi connectivity index (χ1v) is 7.19. The summed E-state index contributed by atoms with van der Waals surface area (Å²) in [7, 11) is 4.22. The number of benzene rings is 1. The summed E-state index contributed by atoms with van der Waals surface area (Å²) in [5.41, 5.74) is 7.63. The number of piperazine rings is 1. The first kappa shape index (κ1) is 14.2. The van der Waals surface area contributed by atoms with Crippen molar-refractivity contribution in [3.8, 4) is 11.5 Å². The Kier molecular flexibility index (Phi) is 4.01. The maximum Gasteiger partial charge on any atom is 0.257 e. The molecule has 1 fully saturated rings. The van der Waals surface area contributed by atoms with E-state index >= 15 is 0 Å². The maximum atomic E-state index is 5.61. The fourth-order valence-corrected chi connectivity index (χ4v) is 2.56. The second-order valence-electron chi connectivity index (χ2n) is 5.62. The molecule has 1 unspecified atom stereocenters. The van der Waals surface area contributed by atoms with Gasteiger partial charge in [-0.2, -0.15) is 4.98 Å². The van der Waals surface area contributed by atoms with Crippen LogP contribution < -0.4 is 5.73 Å². The lowest BCUT2D eigenvalue weighted by atomic mass is 10.1. The average molecular weight is 287 g/mol. The van der Waals surface area contributed by atoms with Gasteiger partial charge < -0.3 is 15.2 Å². The summed E-state index contributed by atoms with van der Waals surface area (Å²) >= 11 is 0. The van der Waals surface area contributed by atoms with E-state index in [9.17, 15) is 0 Å². The smallest absolute Gasteiger partial charge is 0.257 e. The zero-order valence-electron chi connectivity index (χ0n) is 12.5. The van der Waals surface area contributed by atoms with Crippen molar-refractivity contribution in [2.24, 2.45) is 5.73 Å². The molecule has 6 nitrogen and oxygen atoms in total. The number of nitrogens with two attached hydrogens (primary N) is 1. The van der Waals surface area contributed by atoms with Crippen LogP contribution in [-0.4, -0.2) is 53.7 Å². The molecule has 1 aromatic carbocycles. The highest BCUT2D eigenvalue weighted by atomic mass is 16.5. The molecule has 0 spiro atoms. The fraction of sp³-hybridized carbons (Fsp3) is 0.467. The lowest BCUT2D eigenvalue weighted by molar-refractivity contribution is 0.108. The molecule has 112 valence electrons. The molecule has 0 aliphatic carbocycles. The van der Waals surface area contributed by atoms with Gasteiger partial charge in [-0.1, -0.05) is 17.3 Å². The Morgan fingerprint density at radius 1 is 1.24 bits per heavy atom. The average Bonchev–Trinajstić information content (AvgIpc) is 2.99. The highest BCUT2D eigenvalue weighted by molar-refractivity contribution is 5.53. The Balaban J connectivity index is 1.81. The van der Waals surface area contributed by atoms with Gasteiger partial charge >= 0.3 is 0 Å². The summed E-state index contributed by atoms with van der Waals surface area (Å²) < 4.78 is 5.42. The highest BCUT2D eigenvalue weighted by Gasteiger charge is 2.28. The van der Waals surface area contributed by atoms with Gasteiger partial charge in [0.25, 0.3) is 5.89 Å². The maximum absolute atomic E-state index is 5.61. The van der Waals surface area contributed by atoms with Gasteiger partial charge in [-0.3, -0.25) is 4.90 Å². The Hall–Kier alpha value is -1.76. The summed E-state index contributed by atoms with van der Waals surface area (Å²) in [6, 6.07) is 8.09. The third-order valence-electron chi connectivity index (χ3n) is 4.03. The van der Waals surface area contributed by atoms with Crippen molar-refractivity contribution < 1.29 is 4.52 Å². The van der Waals surface area contributed by atoms with Gasteiger partial charge in [0.1, 0.15) is 0 Å². The Morgan fingerprint density at radius 2 is 2.00 bits per heavy atom. The summed E-state index contributed by atoms with van der Waals surface area (Å²) in [6.45, 7) is 3.53. The summed E-state index contributed by atoms with van der Waals surface area (Å²) in [4.78, 5) is 9.13. The van der Waals surface area contributed by atoms with Crippen LogP contribution in [0.5, 0.6) is 0 Å². The molecule has 3 rings (SSSR count). The van der Waals surface area contributed by atoms with E-state index < -0.39 is 0 Å². The molecule has 0 saturated carbocycles. The van der Waals surface area contributed by atoms with Crippen LogP contribution in [0.4, 0.5) is 0 Å². The third kappa shape index (κ3) is 2.97. The molecule has 2 heterocycles. The Labute approximate surface area is 124 Å². The molecule has 1 saturated heterocycles. The van der Waals surface area contributed by atoms with Crippen LogP contribution in [-0.2, 0) is 6.54 Å². The molecule has 0 amide bonds. The van der Waals surface area contributed by atoms with Gasteiger partial charge in [0.15, 0.2) is 5.82 Å². The number of nitrogens with zero attached hydrogens (tertiary/aromatic N) is 4. The quantitative estimate of drug-likeness (QED) is 0.912. The molecule has 1 aromatic heterocycles. The minimum absolute atomic E-state index is 0.185. The van der Waals surface area contributed by atoms with Crippen LogP contribution >= 0.6 is 0 Å². The predicted octanol–water partition coefficient (Wildman–Crippen LogP) is 1.11. The topological polar surface area (TPSA) is 71.4 Å². The molecule has 2 N–H and O–H groups in total. The number of likely N-dealkylation sites (N-methyl/N-ethyl adjacent to an activating group) is 2. The molecule has 1 atom stereocenters. The van der Waals surface area contributed by atoms with Crippen molar-refractivity contribution in [1.82, 2.24) is 19.9 Å². The van der Waals surface area contributed by atoms with Crippen LogP contribution in [0.3, 0.4) is 0 Å². The minimum atomic E-state index is 0.185. The molecule has 21 heavy (non-hydrogen) atoms. The fourth-order valence-electron chi connectivity index (χ4n) is 2.56. The van der Waals surface area contributed by atoms with Gasteiger partial charge in [-0.15, -0.1) is 0 Å².